The van der Waals surface area contributed by atoms with Crippen LogP contribution in [-0.4, -0.2) is 16.4 Å². The van der Waals surface area contributed by atoms with Crippen LogP contribution < -0.4 is 10.5 Å². The van der Waals surface area contributed by atoms with Crippen LogP contribution in [0.2, 0.25) is 0 Å². The molecule has 92 valence electrons. The van der Waals surface area contributed by atoms with Gasteiger partial charge in [-0.25, -0.2) is 0 Å². The maximum atomic E-state index is 11.2. The molecule has 1 unspecified atom stereocenters. The van der Waals surface area contributed by atoms with Crippen LogP contribution in [0.1, 0.15) is 20.3 Å². The molecule has 2 N–H and O–H groups in total. The van der Waals surface area contributed by atoms with Crippen molar-refractivity contribution in [1.29, 1.82) is 0 Å². The van der Waals surface area contributed by atoms with Gasteiger partial charge in [0.2, 0.25) is 0 Å². The van der Waals surface area contributed by atoms with Gasteiger partial charge in [-0.2, -0.15) is 0 Å². The Bertz CT molecular complexity index is 430. The molecule has 1 atom stereocenters. The van der Waals surface area contributed by atoms with Gasteiger partial charge in [-0.1, -0.05) is 6.92 Å². The van der Waals surface area contributed by atoms with E-state index in [4.69, 9.17) is 10.5 Å². The summed E-state index contributed by atoms with van der Waals surface area (Å²) in [7, 11) is 0. The summed E-state index contributed by atoms with van der Waals surface area (Å²) < 4.78 is 5.45. The van der Waals surface area contributed by atoms with Crippen molar-refractivity contribution in [2.75, 3.05) is 0 Å². The molecule has 17 heavy (non-hydrogen) atoms. The van der Waals surface area contributed by atoms with E-state index in [0.29, 0.717) is 12.2 Å². The lowest BCUT2D eigenvalue weighted by molar-refractivity contribution is -0.384. The number of carbonyl (C=O) groups is 1. The van der Waals surface area contributed by atoms with E-state index in [1.165, 1.54) is 24.3 Å². The van der Waals surface area contributed by atoms with Gasteiger partial charge in [0.05, 0.1) is 4.92 Å². The van der Waals surface area contributed by atoms with E-state index >= 15 is 0 Å². The summed E-state index contributed by atoms with van der Waals surface area (Å²) in [5.41, 5.74) is 4.10. The lowest BCUT2D eigenvalue weighted by Crippen LogP contribution is -2.45. The van der Waals surface area contributed by atoms with Gasteiger partial charge < -0.3 is 10.5 Å². The van der Waals surface area contributed by atoms with Crippen molar-refractivity contribution >= 4 is 11.6 Å². The molecule has 0 aliphatic heterocycles. The zero-order chi connectivity index (χ0) is 13.1. The molecule has 0 radical (unpaired) electrons. The normalized spacial score (nSPS) is 13.8. The van der Waals surface area contributed by atoms with Crippen LogP contribution in [0.5, 0.6) is 5.75 Å². The number of amides is 1. The second-order valence-electron chi connectivity index (χ2n) is 3.80. The second kappa shape index (κ2) is 4.82. The number of nitrogens with two attached hydrogens (primary N) is 1. The standard InChI is InChI=1S/C11H14N2O4/c1-3-11(2,10(12)14)17-9-6-4-8(5-7-9)13(15)16/h4-7H,3H2,1-2H3,(H2,12,14). The summed E-state index contributed by atoms with van der Waals surface area (Å²) >= 11 is 0. The third-order valence-corrected chi connectivity index (χ3v) is 2.59. The van der Waals surface area contributed by atoms with Crippen LogP contribution in [0, 0.1) is 10.1 Å². The molecule has 1 aromatic rings. The van der Waals surface area contributed by atoms with E-state index in [-0.39, 0.29) is 5.69 Å². The van der Waals surface area contributed by atoms with E-state index in [0.717, 1.165) is 0 Å². The fourth-order valence-electron chi connectivity index (χ4n) is 1.19. The summed E-state index contributed by atoms with van der Waals surface area (Å²) in [5.74, 6) is -0.197. The van der Waals surface area contributed by atoms with E-state index in [1.54, 1.807) is 13.8 Å². The van der Waals surface area contributed by atoms with Gasteiger partial charge in [-0.15, -0.1) is 0 Å². The monoisotopic (exact) mass is 238 g/mol. The van der Waals surface area contributed by atoms with Gasteiger partial charge in [0.1, 0.15) is 5.75 Å². The highest BCUT2D eigenvalue weighted by molar-refractivity contribution is 5.83. The quantitative estimate of drug-likeness (QED) is 0.622. The van der Waals surface area contributed by atoms with Crippen molar-refractivity contribution < 1.29 is 14.5 Å². The molecule has 0 aliphatic carbocycles. The molecule has 0 aromatic heterocycles. The fourth-order valence-corrected chi connectivity index (χ4v) is 1.19. The number of nitro groups is 1. The minimum atomic E-state index is -1.10. The Hall–Kier alpha value is -2.11. The lowest BCUT2D eigenvalue weighted by Gasteiger charge is -2.25. The number of nitro benzene ring substituents is 1. The highest BCUT2D eigenvalue weighted by Gasteiger charge is 2.31. The van der Waals surface area contributed by atoms with Gasteiger partial charge in [-0.3, -0.25) is 14.9 Å². The van der Waals surface area contributed by atoms with Crippen LogP contribution in [0.4, 0.5) is 5.69 Å². The Balaban J connectivity index is 2.88. The molecule has 1 amide bonds. The van der Waals surface area contributed by atoms with Gasteiger partial charge in [0.25, 0.3) is 11.6 Å². The molecular weight excluding hydrogens is 224 g/mol. The predicted molar refractivity (Wildman–Crippen MR) is 61.6 cm³/mol. The van der Waals surface area contributed by atoms with Gasteiger partial charge in [0.15, 0.2) is 5.60 Å². The van der Waals surface area contributed by atoms with Crippen molar-refractivity contribution in [2.24, 2.45) is 5.73 Å². The van der Waals surface area contributed by atoms with Crippen molar-refractivity contribution in [3.63, 3.8) is 0 Å². The minimum Gasteiger partial charge on any atom is -0.478 e. The molecule has 0 saturated heterocycles. The third kappa shape index (κ3) is 2.93. The second-order valence-corrected chi connectivity index (χ2v) is 3.80. The Kier molecular flexibility index (Phi) is 3.67. The predicted octanol–water partition coefficient (Wildman–Crippen LogP) is 1.63. The van der Waals surface area contributed by atoms with Crippen molar-refractivity contribution in [3.8, 4) is 5.75 Å². The van der Waals surface area contributed by atoms with Crippen molar-refractivity contribution in [3.05, 3.63) is 34.4 Å². The van der Waals surface area contributed by atoms with Crippen LogP contribution in [0.15, 0.2) is 24.3 Å². The molecule has 1 aromatic carbocycles. The van der Waals surface area contributed by atoms with Crippen LogP contribution in [0.3, 0.4) is 0 Å². The molecule has 1 rings (SSSR count). The van der Waals surface area contributed by atoms with Gasteiger partial charge >= 0.3 is 0 Å². The number of non-ortho nitro benzene ring substituents is 1. The highest BCUT2D eigenvalue weighted by Crippen LogP contribution is 2.23. The smallest absolute Gasteiger partial charge is 0.269 e. The van der Waals surface area contributed by atoms with Crippen molar-refractivity contribution in [2.45, 2.75) is 25.9 Å². The zero-order valence-electron chi connectivity index (χ0n) is 9.67. The fraction of sp³-hybridized carbons (Fsp3) is 0.364. The average Bonchev–Trinajstić information content (AvgIpc) is 2.29. The van der Waals surface area contributed by atoms with E-state index in [2.05, 4.69) is 0 Å². The number of primary amides is 1. The van der Waals surface area contributed by atoms with Crippen LogP contribution in [0.25, 0.3) is 0 Å². The summed E-state index contributed by atoms with van der Waals surface area (Å²) in [5, 5.41) is 10.5. The van der Waals surface area contributed by atoms with Crippen LogP contribution >= 0.6 is 0 Å². The first-order valence-corrected chi connectivity index (χ1v) is 5.12. The molecule has 6 heteroatoms. The maximum Gasteiger partial charge on any atom is 0.269 e. The number of nitrogens with zero attached hydrogens (tertiary/aromatic N) is 1. The van der Waals surface area contributed by atoms with Gasteiger partial charge in [0, 0.05) is 12.1 Å². The number of hydrogen-bond acceptors (Lipinski definition) is 4. The average molecular weight is 238 g/mol. The summed E-state index contributed by atoms with van der Waals surface area (Å²) in [6.07, 6.45) is 0.416. The maximum absolute atomic E-state index is 11.2. The number of ether oxygens (including phenoxy) is 1. The number of carbonyl (C=O) groups excluding carboxylic acids is 1. The van der Waals surface area contributed by atoms with Crippen molar-refractivity contribution in [1.82, 2.24) is 0 Å². The molecular formula is C11H14N2O4. The summed E-state index contributed by atoms with van der Waals surface area (Å²) in [6.45, 7) is 3.35. The summed E-state index contributed by atoms with van der Waals surface area (Å²) in [6, 6.07) is 5.50. The Morgan fingerprint density at radius 1 is 1.47 bits per heavy atom. The van der Waals surface area contributed by atoms with E-state index < -0.39 is 16.4 Å². The lowest BCUT2D eigenvalue weighted by atomic mass is 10.0. The Labute approximate surface area is 98.5 Å². The largest absolute Gasteiger partial charge is 0.478 e. The Morgan fingerprint density at radius 3 is 2.35 bits per heavy atom. The van der Waals surface area contributed by atoms with Gasteiger partial charge in [-0.05, 0) is 25.5 Å². The molecule has 0 bridgehead atoms. The van der Waals surface area contributed by atoms with E-state index in [9.17, 15) is 14.9 Å². The molecule has 0 spiro atoms. The van der Waals surface area contributed by atoms with Crippen LogP contribution in [-0.2, 0) is 4.79 Å². The zero-order valence-corrected chi connectivity index (χ0v) is 9.67. The SMILES string of the molecule is CCC(C)(Oc1ccc([N+](=O)[O-])cc1)C(N)=O. The first-order valence-electron chi connectivity index (χ1n) is 5.12. The number of hydrogen-bond donors (Lipinski definition) is 1. The first kappa shape index (κ1) is 13.0. The molecule has 0 saturated carbocycles. The number of rotatable bonds is 5. The topological polar surface area (TPSA) is 95.5 Å². The van der Waals surface area contributed by atoms with E-state index in [1.807, 2.05) is 0 Å². The minimum absolute atomic E-state index is 0.0328. The molecule has 0 fully saturated rings. The third-order valence-electron chi connectivity index (χ3n) is 2.59. The number of benzene rings is 1. The first-order chi connectivity index (χ1) is 7.89. The Morgan fingerprint density at radius 2 is 2.00 bits per heavy atom. The molecule has 0 aliphatic rings. The highest BCUT2D eigenvalue weighted by atomic mass is 16.6. The molecule has 0 heterocycles. The summed E-state index contributed by atoms with van der Waals surface area (Å²) in [4.78, 5) is 21.2. The molecule has 6 nitrogen and oxygen atoms in total.